The lowest BCUT2D eigenvalue weighted by atomic mass is 10.2. The normalized spacial score (nSPS) is 15.5. The van der Waals surface area contributed by atoms with E-state index in [0.29, 0.717) is 24.7 Å². The molecule has 0 atom stereocenters. The van der Waals surface area contributed by atoms with Gasteiger partial charge in [0.05, 0.1) is 0 Å². The largest absolute Gasteiger partial charge is 0.314 e. The summed E-state index contributed by atoms with van der Waals surface area (Å²) in [5.41, 5.74) is 0. The molecule has 2 rings (SSSR count). The van der Waals surface area contributed by atoms with Gasteiger partial charge < -0.3 is 5.32 Å². The van der Waals surface area contributed by atoms with Crippen LogP contribution in [0.4, 0.5) is 0 Å². The fourth-order valence-corrected chi connectivity index (χ4v) is 2.91. The van der Waals surface area contributed by atoms with Crippen molar-refractivity contribution in [1.29, 1.82) is 0 Å². The van der Waals surface area contributed by atoms with Crippen LogP contribution >= 0.6 is 27.3 Å². The maximum Gasteiger partial charge on any atom is 0.139 e. The summed E-state index contributed by atoms with van der Waals surface area (Å²) in [5.74, 6) is 0.331. The third-order valence-electron chi connectivity index (χ3n) is 2.41. The van der Waals surface area contributed by atoms with Crippen molar-refractivity contribution in [2.75, 3.05) is 6.54 Å². The van der Waals surface area contributed by atoms with Crippen LogP contribution in [0.5, 0.6) is 0 Å². The first-order valence-corrected chi connectivity index (χ1v) is 6.89. The highest BCUT2D eigenvalue weighted by Crippen LogP contribution is 2.21. The number of nitrogens with one attached hydrogen (secondary N) is 1. The molecule has 1 fully saturated rings. The van der Waals surface area contributed by atoms with Crippen LogP contribution in [-0.4, -0.2) is 18.4 Å². The fraction of sp³-hybridized carbons (Fsp3) is 0.545. The Morgan fingerprint density at radius 3 is 3.00 bits per heavy atom. The number of hydrogen-bond acceptors (Lipinski definition) is 3. The Labute approximate surface area is 102 Å². The fourth-order valence-electron chi connectivity index (χ4n) is 1.43. The minimum atomic E-state index is 0.331. The van der Waals surface area contributed by atoms with E-state index in [1.807, 2.05) is 11.4 Å². The molecule has 0 saturated heterocycles. The first kappa shape index (κ1) is 11.3. The van der Waals surface area contributed by atoms with Crippen LogP contribution in [0.1, 0.15) is 24.1 Å². The minimum absolute atomic E-state index is 0.331. The summed E-state index contributed by atoms with van der Waals surface area (Å²) in [6, 6.07) is 2.73. The van der Waals surface area contributed by atoms with Crippen molar-refractivity contribution < 1.29 is 4.79 Å². The Bertz CT molecular complexity index is 346. The van der Waals surface area contributed by atoms with E-state index in [-0.39, 0.29) is 0 Å². The van der Waals surface area contributed by atoms with E-state index in [1.54, 1.807) is 11.3 Å². The maximum atomic E-state index is 11.6. The molecule has 0 unspecified atom stereocenters. The molecule has 0 spiro atoms. The summed E-state index contributed by atoms with van der Waals surface area (Å²) in [5, 5.41) is 5.37. The van der Waals surface area contributed by atoms with Gasteiger partial charge in [-0.25, -0.2) is 0 Å². The van der Waals surface area contributed by atoms with E-state index in [2.05, 4.69) is 21.2 Å². The van der Waals surface area contributed by atoms with Gasteiger partial charge in [0.2, 0.25) is 0 Å². The zero-order chi connectivity index (χ0) is 10.7. The average Bonchev–Trinajstić information content (AvgIpc) is 2.91. The molecule has 1 aromatic rings. The van der Waals surface area contributed by atoms with Crippen LogP contribution < -0.4 is 5.32 Å². The lowest BCUT2D eigenvalue weighted by Crippen LogP contribution is -2.20. The number of carbonyl (C=O) groups is 1. The maximum absolute atomic E-state index is 11.6. The third kappa shape index (κ3) is 4.05. The van der Waals surface area contributed by atoms with Gasteiger partial charge in [-0.05, 0) is 34.8 Å². The van der Waals surface area contributed by atoms with Crippen LogP contribution in [-0.2, 0) is 11.2 Å². The molecule has 0 amide bonds. The molecular formula is C11H14BrNOS. The van der Waals surface area contributed by atoms with Crippen molar-refractivity contribution in [3.8, 4) is 0 Å². The lowest BCUT2D eigenvalue weighted by molar-refractivity contribution is -0.118. The summed E-state index contributed by atoms with van der Waals surface area (Å²) in [6.07, 6.45) is 3.81. The van der Waals surface area contributed by atoms with Gasteiger partial charge in [-0.15, -0.1) is 11.3 Å². The predicted molar refractivity (Wildman–Crippen MR) is 66.4 cm³/mol. The molecule has 1 saturated carbocycles. The standard InChI is InChI=1S/C11H14BrNOS/c12-8-5-11(15-7-8)6-10(14)3-4-13-9-1-2-9/h5,7,9,13H,1-4,6H2. The SMILES string of the molecule is O=C(CCNC1CC1)Cc1cc(Br)cs1. The second kappa shape index (κ2) is 5.23. The molecule has 1 N–H and O–H groups in total. The highest BCUT2D eigenvalue weighted by molar-refractivity contribution is 9.10. The molecule has 1 heterocycles. The molecule has 0 radical (unpaired) electrons. The second-order valence-corrected chi connectivity index (χ2v) is 5.84. The van der Waals surface area contributed by atoms with Crippen molar-refractivity contribution in [2.24, 2.45) is 0 Å². The van der Waals surface area contributed by atoms with Gasteiger partial charge in [0.1, 0.15) is 5.78 Å². The molecule has 0 aromatic carbocycles. The van der Waals surface area contributed by atoms with Crippen LogP contribution in [0.2, 0.25) is 0 Å². The Balaban J connectivity index is 1.67. The van der Waals surface area contributed by atoms with Crippen molar-refractivity contribution in [1.82, 2.24) is 5.32 Å². The lowest BCUT2D eigenvalue weighted by Gasteiger charge is -2.00. The number of thiophene rings is 1. The molecular weight excluding hydrogens is 274 g/mol. The molecule has 2 nitrogen and oxygen atoms in total. The van der Waals surface area contributed by atoms with Crippen molar-refractivity contribution in [3.63, 3.8) is 0 Å². The summed E-state index contributed by atoms with van der Waals surface area (Å²) in [4.78, 5) is 12.7. The number of halogens is 1. The van der Waals surface area contributed by atoms with Crippen molar-refractivity contribution in [3.05, 3.63) is 20.8 Å². The van der Waals surface area contributed by atoms with Gasteiger partial charge in [0.25, 0.3) is 0 Å². The summed E-state index contributed by atoms with van der Waals surface area (Å²) >= 11 is 5.03. The van der Waals surface area contributed by atoms with Crippen LogP contribution in [0, 0.1) is 0 Å². The molecule has 1 aliphatic carbocycles. The van der Waals surface area contributed by atoms with Gasteiger partial charge in [-0.2, -0.15) is 0 Å². The van der Waals surface area contributed by atoms with Crippen LogP contribution in [0.15, 0.2) is 15.9 Å². The highest BCUT2D eigenvalue weighted by Gasteiger charge is 2.20. The summed E-state index contributed by atoms with van der Waals surface area (Å²) < 4.78 is 1.08. The van der Waals surface area contributed by atoms with E-state index in [4.69, 9.17) is 0 Å². The second-order valence-electron chi connectivity index (χ2n) is 3.93. The zero-order valence-corrected chi connectivity index (χ0v) is 10.9. The summed E-state index contributed by atoms with van der Waals surface area (Å²) in [6.45, 7) is 0.843. The first-order valence-electron chi connectivity index (χ1n) is 5.22. The predicted octanol–water partition coefficient (Wildman–Crippen LogP) is 2.76. The number of hydrogen-bond donors (Lipinski definition) is 1. The average molecular weight is 288 g/mol. The minimum Gasteiger partial charge on any atom is -0.314 e. The zero-order valence-electron chi connectivity index (χ0n) is 8.46. The van der Waals surface area contributed by atoms with Crippen molar-refractivity contribution >= 4 is 33.0 Å². The van der Waals surface area contributed by atoms with E-state index >= 15 is 0 Å². The van der Waals surface area contributed by atoms with E-state index in [1.165, 1.54) is 12.8 Å². The number of rotatable bonds is 6. The van der Waals surface area contributed by atoms with Crippen LogP contribution in [0.3, 0.4) is 0 Å². The molecule has 82 valence electrons. The van der Waals surface area contributed by atoms with Gasteiger partial charge in [0.15, 0.2) is 0 Å². The molecule has 4 heteroatoms. The number of ketones is 1. The monoisotopic (exact) mass is 287 g/mol. The van der Waals surface area contributed by atoms with E-state index < -0.39 is 0 Å². The van der Waals surface area contributed by atoms with Gasteiger partial charge in [0, 0.05) is 40.2 Å². The Hall–Kier alpha value is -0.190. The topological polar surface area (TPSA) is 29.1 Å². The van der Waals surface area contributed by atoms with Gasteiger partial charge >= 0.3 is 0 Å². The number of Topliss-reactive ketones (excluding diaryl/α,β-unsaturated/α-hetero) is 1. The Morgan fingerprint density at radius 1 is 1.60 bits per heavy atom. The number of carbonyl (C=O) groups excluding carboxylic acids is 1. The molecule has 0 aliphatic heterocycles. The van der Waals surface area contributed by atoms with Gasteiger partial charge in [-0.1, -0.05) is 0 Å². The summed E-state index contributed by atoms with van der Waals surface area (Å²) in [7, 11) is 0. The molecule has 15 heavy (non-hydrogen) atoms. The smallest absolute Gasteiger partial charge is 0.139 e. The molecule has 1 aliphatic rings. The van der Waals surface area contributed by atoms with E-state index in [9.17, 15) is 4.79 Å². The Morgan fingerprint density at radius 2 is 2.40 bits per heavy atom. The van der Waals surface area contributed by atoms with Crippen molar-refractivity contribution in [2.45, 2.75) is 31.7 Å². The van der Waals surface area contributed by atoms with Gasteiger partial charge in [-0.3, -0.25) is 4.79 Å². The van der Waals surface area contributed by atoms with E-state index in [0.717, 1.165) is 15.9 Å². The highest BCUT2D eigenvalue weighted by atomic mass is 79.9. The first-order chi connectivity index (χ1) is 7.24. The third-order valence-corrected chi connectivity index (χ3v) is 4.10. The van der Waals surface area contributed by atoms with Crippen LogP contribution in [0.25, 0.3) is 0 Å². The molecule has 1 aromatic heterocycles. The quantitative estimate of drug-likeness (QED) is 0.872. The molecule has 0 bridgehead atoms. The Kier molecular flexibility index (Phi) is 3.94.